The van der Waals surface area contributed by atoms with E-state index < -0.39 is 0 Å². The second-order valence-electron chi connectivity index (χ2n) is 5.18. The second-order valence-corrected chi connectivity index (χ2v) is 5.18. The molecule has 20 heavy (non-hydrogen) atoms. The van der Waals surface area contributed by atoms with Gasteiger partial charge in [-0.15, -0.1) is 0 Å². The monoisotopic (exact) mass is 258 g/mol. The summed E-state index contributed by atoms with van der Waals surface area (Å²) in [5, 5.41) is 2.38. The Morgan fingerprint density at radius 2 is 1.50 bits per heavy atom. The van der Waals surface area contributed by atoms with Crippen molar-refractivity contribution in [1.82, 2.24) is 0 Å². The quantitative estimate of drug-likeness (QED) is 0.435. The van der Waals surface area contributed by atoms with Gasteiger partial charge in [-0.25, -0.2) is 0 Å². The van der Waals surface area contributed by atoms with Crippen molar-refractivity contribution in [3.05, 3.63) is 72.3 Å². The van der Waals surface area contributed by atoms with Gasteiger partial charge in [0.25, 0.3) is 0 Å². The molecule has 96 valence electrons. The molecular formula is C19H14O. The van der Waals surface area contributed by atoms with E-state index in [1.807, 2.05) is 12.1 Å². The van der Waals surface area contributed by atoms with E-state index in [1.165, 1.54) is 27.5 Å². The number of rotatable bonds is 1. The minimum absolute atomic E-state index is 0.951. The second kappa shape index (κ2) is 4.24. The molecule has 0 aliphatic heterocycles. The summed E-state index contributed by atoms with van der Waals surface area (Å²) in [5.74, 6) is 0. The van der Waals surface area contributed by atoms with Gasteiger partial charge in [-0.3, -0.25) is 0 Å². The van der Waals surface area contributed by atoms with Crippen LogP contribution in [0.1, 0.15) is 5.56 Å². The summed E-state index contributed by atoms with van der Waals surface area (Å²) in [6, 6.07) is 23.1. The fraction of sp³-hybridized carbons (Fsp3) is 0.0526. The van der Waals surface area contributed by atoms with Crippen molar-refractivity contribution in [2.75, 3.05) is 0 Å². The largest absolute Gasteiger partial charge is 0.456 e. The van der Waals surface area contributed by atoms with E-state index in [-0.39, 0.29) is 0 Å². The van der Waals surface area contributed by atoms with Crippen molar-refractivity contribution in [2.24, 2.45) is 0 Å². The zero-order valence-corrected chi connectivity index (χ0v) is 11.3. The zero-order chi connectivity index (χ0) is 13.5. The average molecular weight is 258 g/mol. The first-order valence-electron chi connectivity index (χ1n) is 6.79. The van der Waals surface area contributed by atoms with E-state index in [9.17, 15) is 0 Å². The lowest BCUT2D eigenvalue weighted by Gasteiger charge is -2.00. The Balaban J connectivity index is 1.98. The van der Waals surface area contributed by atoms with Crippen molar-refractivity contribution in [2.45, 2.75) is 6.92 Å². The number of furan rings is 1. The molecule has 0 spiro atoms. The molecule has 0 amide bonds. The fourth-order valence-corrected chi connectivity index (χ4v) is 2.70. The van der Waals surface area contributed by atoms with E-state index >= 15 is 0 Å². The molecule has 4 aromatic rings. The highest BCUT2D eigenvalue weighted by molar-refractivity contribution is 6.06. The third kappa shape index (κ3) is 1.71. The van der Waals surface area contributed by atoms with Gasteiger partial charge in [0.1, 0.15) is 11.2 Å². The van der Waals surface area contributed by atoms with Gasteiger partial charge >= 0.3 is 0 Å². The van der Waals surface area contributed by atoms with Crippen LogP contribution in [0.25, 0.3) is 33.1 Å². The molecule has 4 rings (SSSR count). The van der Waals surface area contributed by atoms with E-state index in [4.69, 9.17) is 4.42 Å². The Labute approximate surface area is 117 Å². The molecule has 0 bridgehead atoms. The fourth-order valence-electron chi connectivity index (χ4n) is 2.70. The summed E-state index contributed by atoms with van der Waals surface area (Å²) in [5.41, 5.74) is 5.56. The number of hydrogen-bond acceptors (Lipinski definition) is 1. The first-order valence-corrected chi connectivity index (χ1v) is 6.79. The van der Waals surface area contributed by atoms with E-state index in [2.05, 4.69) is 61.5 Å². The highest BCUT2D eigenvalue weighted by Gasteiger charge is 2.08. The van der Waals surface area contributed by atoms with Gasteiger partial charge in [-0.2, -0.15) is 0 Å². The van der Waals surface area contributed by atoms with Crippen LogP contribution in [0.15, 0.2) is 71.1 Å². The number of benzene rings is 3. The molecule has 1 aromatic heterocycles. The van der Waals surface area contributed by atoms with Crippen LogP contribution in [0.2, 0.25) is 0 Å². The standard InChI is InChI=1S/C19H14O/c1-13-7-10-18-17(11-13)16-9-8-15(12-19(16)20-18)14-5-3-2-4-6-14/h2-12H,1H3. The molecule has 1 nitrogen and oxygen atoms in total. The lowest BCUT2D eigenvalue weighted by Crippen LogP contribution is -1.76. The maximum Gasteiger partial charge on any atom is 0.136 e. The molecule has 0 radical (unpaired) electrons. The van der Waals surface area contributed by atoms with Gasteiger partial charge in [0.15, 0.2) is 0 Å². The van der Waals surface area contributed by atoms with Gasteiger partial charge in [0, 0.05) is 10.8 Å². The smallest absolute Gasteiger partial charge is 0.136 e. The van der Waals surface area contributed by atoms with Crippen LogP contribution < -0.4 is 0 Å². The first-order chi connectivity index (χ1) is 9.81. The topological polar surface area (TPSA) is 13.1 Å². The molecule has 0 aliphatic rings. The normalized spacial score (nSPS) is 11.2. The Morgan fingerprint density at radius 1 is 0.650 bits per heavy atom. The van der Waals surface area contributed by atoms with Gasteiger partial charge in [-0.1, -0.05) is 48.0 Å². The van der Waals surface area contributed by atoms with Crippen LogP contribution in [0, 0.1) is 6.92 Å². The van der Waals surface area contributed by atoms with Crippen molar-refractivity contribution >= 4 is 21.9 Å². The highest BCUT2D eigenvalue weighted by atomic mass is 16.3. The van der Waals surface area contributed by atoms with E-state index in [1.54, 1.807) is 0 Å². The summed E-state index contributed by atoms with van der Waals surface area (Å²) < 4.78 is 5.97. The third-order valence-electron chi connectivity index (χ3n) is 3.73. The molecule has 1 heteroatoms. The summed E-state index contributed by atoms with van der Waals surface area (Å²) in [4.78, 5) is 0. The van der Waals surface area contributed by atoms with Gasteiger partial charge in [0.2, 0.25) is 0 Å². The lowest BCUT2D eigenvalue weighted by atomic mass is 10.0. The summed E-state index contributed by atoms with van der Waals surface area (Å²) in [6.07, 6.45) is 0. The van der Waals surface area contributed by atoms with Crippen molar-refractivity contribution < 1.29 is 4.42 Å². The molecule has 1 heterocycles. The van der Waals surface area contributed by atoms with Gasteiger partial charge in [0.05, 0.1) is 0 Å². The SMILES string of the molecule is Cc1ccc2oc3cc(-c4ccccc4)ccc3c2c1. The third-order valence-corrected chi connectivity index (χ3v) is 3.73. The Morgan fingerprint density at radius 3 is 2.35 bits per heavy atom. The van der Waals surface area contributed by atoms with Crippen LogP contribution in [0.3, 0.4) is 0 Å². The number of hydrogen-bond donors (Lipinski definition) is 0. The van der Waals surface area contributed by atoms with Crippen LogP contribution in [-0.2, 0) is 0 Å². The maximum absolute atomic E-state index is 5.97. The summed E-state index contributed by atoms with van der Waals surface area (Å²) >= 11 is 0. The van der Waals surface area contributed by atoms with Crippen molar-refractivity contribution in [3.8, 4) is 11.1 Å². The first kappa shape index (κ1) is 11.3. The molecule has 0 fully saturated rings. The van der Waals surface area contributed by atoms with Crippen molar-refractivity contribution in [3.63, 3.8) is 0 Å². The van der Waals surface area contributed by atoms with E-state index in [0.717, 1.165) is 11.2 Å². The number of aryl methyl sites for hydroxylation is 1. The molecule has 0 unspecified atom stereocenters. The summed E-state index contributed by atoms with van der Waals surface area (Å²) in [6.45, 7) is 2.11. The zero-order valence-electron chi connectivity index (χ0n) is 11.3. The maximum atomic E-state index is 5.97. The number of fused-ring (bicyclic) bond motifs is 3. The predicted molar refractivity (Wildman–Crippen MR) is 83.9 cm³/mol. The molecule has 3 aromatic carbocycles. The average Bonchev–Trinajstić information content (AvgIpc) is 2.85. The molecule has 0 atom stereocenters. The van der Waals surface area contributed by atoms with Crippen LogP contribution in [-0.4, -0.2) is 0 Å². The predicted octanol–water partition coefficient (Wildman–Crippen LogP) is 5.56. The Kier molecular flexibility index (Phi) is 2.40. The van der Waals surface area contributed by atoms with E-state index in [0.29, 0.717) is 0 Å². The molecule has 0 N–H and O–H groups in total. The molecule has 0 aliphatic carbocycles. The molecular weight excluding hydrogens is 244 g/mol. The minimum atomic E-state index is 0.951. The van der Waals surface area contributed by atoms with Crippen molar-refractivity contribution in [1.29, 1.82) is 0 Å². The van der Waals surface area contributed by atoms with Crippen LogP contribution >= 0.6 is 0 Å². The highest BCUT2D eigenvalue weighted by Crippen LogP contribution is 2.32. The van der Waals surface area contributed by atoms with Crippen LogP contribution in [0.4, 0.5) is 0 Å². The van der Waals surface area contributed by atoms with Crippen LogP contribution in [0.5, 0.6) is 0 Å². The molecule has 0 saturated carbocycles. The Hall–Kier alpha value is -2.54. The Bertz CT molecular complexity index is 901. The minimum Gasteiger partial charge on any atom is -0.456 e. The summed E-state index contributed by atoms with van der Waals surface area (Å²) in [7, 11) is 0. The molecule has 0 saturated heterocycles. The van der Waals surface area contributed by atoms with Gasteiger partial charge < -0.3 is 4.42 Å². The van der Waals surface area contributed by atoms with Gasteiger partial charge in [-0.05, 0) is 42.3 Å². The lowest BCUT2D eigenvalue weighted by molar-refractivity contribution is 0.669.